The van der Waals surface area contributed by atoms with Gasteiger partial charge in [0.25, 0.3) is 5.91 Å². The van der Waals surface area contributed by atoms with E-state index in [1.165, 1.54) is 11.0 Å². The molecule has 1 amide bonds. The lowest BCUT2D eigenvalue weighted by Gasteiger charge is -2.35. The number of hydrogen-bond donors (Lipinski definition) is 1. The van der Waals surface area contributed by atoms with Crippen LogP contribution < -0.4 is 5.32 Å². The van der Waals surface area contributed by atoms with Crippen LogP contribution in [0.5, 0.6) is 0 Å². The normalized spacial score (nSPS) is 21.2. The molecular formula is C17H24N6O2. The topological polar surface area (TPSA) is 85.2 Å². The van der Waals surface area contributed by atoms with Gasteiger partial charge >= 0.3 is 0 Å². The molecule has 3 heterocycles. The smallest absolute Gasteiger partial charge is 0.251 e. The zero-order valence-corrected chi connectivity index (χ0v) is 14.6. The second kappa shape index (κ2) is 8.17. The van der Waals surface area contributed by atoms with Crippen LogP contribution in [0, 0.1) is 0 Å². The van der Waals surface area contributed by atoms with Crippen LogP contribution in [0.2, 0.25) is 0 Å². The highest BCUT2D eigenvalue weighted by Gasteiger charge is 2.21. The second-order valence-corrected chi connectivity index (χ2v) is 6.37. The largest absolute Gasteiger partial charge is 0.373 e. The molecule has 2 atom stereocenters. The first-order valence-corrected chi connectivity index (χ1v) is 8.59. The van der Waals surface area contributed by atoms with E-state index in [0.29, 0.717) is 17.9 Å². The molecular weight excluding hydrogens is 320 g/mol. The Kier molecular flexibility index (Phi) is 5.72. The average Bonchev–Trinajstić information content (AvgIpc) is 3.12. The summed E-state index contributed by atoms with van der Waals surface area (Å²) in [5, 5.41) is 6.99. The average molecular weight is 344 g/mol. The van der Waals surface area contributed by atoms with Gasteiger partial charge in [-0.25, -0.2) is 14.6 Å². The van der Waals surface area contributed by atoms with E-state index in [-0.39, 0.29) is 18.1 Å². The summed E-state index contributed by atoms with van der Waals surface area (Å²) in [6.45, 7) is 7.69. The summed E-state index contributed by atoms with van der Waals surface area (Å²) in [6, 6.07) is 3.40. The number of amides is 1. The van der Waals surface area contributed by atoms with E-state index < -0.39 is 0 Å². The molecule has 3 rings (SSSR count). The van der Waals surface area contributed by atoms with Gasteiger partial charge in [-0.05, 0) is 32.4 Å². The van der Waals surface area contributed by atoms with Crippen molar-refractivity contribution in [1.82, 2.24) is 30.0 Å². The van der Waals surface area contributed by atoms with Crippen LogP contribution >= 0.6 is 0 Å². The fourth-order valence-corrected chi connectivity index (χ4v) is 3.09. The first-order valence-electron chi connectivity index (χ1n) is 8.59. The number of nitrogens with zero attached hydrogens (tertiary/aromatic N) is 5. The van der Waals surface area contributed by atoms with Crippen molar-refractivity contribution in [1.29, 1.82) is 0 Å². The number of pyridine rings is 1. The summed E-state index contributed by atoms with van der Waals surface area (Å²) in [5.74, 6) is 0.467. The summed E-state index contributed by atoms with van der Waals surface area (Å²) in [4.78, 5) is 22.8. The molecule has 2 unspecified atom stereocenters. The van der Waals surface area contributed by atoms with Crippen LogP contribution in [0.25, 0.3) is 5.82 Å². The van der Waals surface area contributed by atoms with Crippen LogP contribution in [0.1, 0.15) is 30.6 Å². The summed E-state index contributed by atoms with van der Waals surface area (Å²) in [5.41, 5.74) is 0.564. The molecule has 1 fully saturated rings. The Labute approximate surface area is 147 Å². The van der Waals surface area contributed by atoms with Crippen LogP contribution in [0.15, 0.2) is 31.0 Å². The Morgan fingerprint density at radius 3 is 2.88 bits per heavy atom. The van der Waals surface area contributed by atoms with Gasteiger partial charge in [0.1, 0.15) is 12.7 Å². The number of hydrogen-bond acceptors (Lipinski definition) is 6. The molecule has 0 aliphatic carbocycles. The Bertz CT molecular complexity index is 680. The fourth-order valence-electron chi connectivity index (χ4n) is 3.09. The fraction of sp³-hybridized carbons (Fsp3) is 0.529. The number of morpholine rings is 1. The molecule has 0 bridgehead atoms. The number of carbonyl (C=O) groups is 1. The number of carbonyl (C=O) groups excluding carboxylic acids is 1. The third kappa shape index (κ3) is 4.83. The Balaban J connectivity index is 1.46. The van der Waals surface area contributed by atoms with Gasteiger partial charge in [-0.15, -0.1) is 0 Å². The minimum atomic E-state index is -0.104. The minimum absolute atomic E-state index is 0.104. The SMILES string of the molecule is CC1CN(CCCNC(=O)c2ccnc(-n3cncn3)c2)CC(C)O1. The molecule has 0 radical (unpaired) electrons. The van der Waals surface area contributed by atoms with Gasteiger partial charge in [-0.3, -0.25) is 9.69 Å². The Hall–Kier alpha value is -2.32. The predicted octanol–water partition coefficient (Wildman–Crippen LogP) is 0.891. The third-order valence-corrected chi connectivity index (χ3v) is 4.09. The van der Waals surface area contributed by atoms with Gasteiger partial charge in [0.05, 0.1) is 12.2 Å². The quantitative estimate of drug-likeness (QED) is 0.784. The summed E-state index contributed by atoms with van der Waals surface area (Å²) < 4.78 is 7.26. The number of nitrogens with one attached hydrogen (secondary N) is 1. The number of ether oxygens (including phenoxy) is 1. The molecule has 2 aromatic heterocycles. The molecule has 2 aromatic rings. The van der Waals surface area contributed by atoms with Crippen molar-refractivity contribution in [3.8, 4) is 5.82 Å². The van der Waals surface area contributed by atoms with Crippen molar-refractivity contribution in [2.45, 2.75) is 32.5 Å². The monoisotopic (exact) mass is 344 g/mol. The molecule has 1 aliphatic rings. The lowest BCUT2D eigenvalue weighted by Crippen LogP contribution is -2.46. The maximum absolute atomic E-state index is 12.3. The standard InChI is InChI=1S/C17H24N6O2/c1-13-9-22(10-14(2)25-13)7-3-5-20-17(24)15-4-6-19-16(8-15)23-12-18-11-21-23/h4,6,8,11-14H,3,5,7,9-10H2,1-2H3,(H,20,24). The second-order valence-electron chi connectivity index (χ2n) is 6.37. The van der Waals surface area contributed by atoms with Crippen molar-refractivity contribution in [3.05, 3.63) is 36.5 Å². The van der Waals surface area contributed by atoms with Gasteiger partial charge in [0, 0.05) is 37.9 Å². The van der Waals surface area contributed by atoms with Crippen molar-refractivity contribution < 1.29 is 9.53 Å². The summed E-state index contributed by atoms with van der Waals surface area (Å²) in [6.07, 6.45) is 6.03. The van der Waals surface area contributed by atoms with E-state index in [2.05, 4.69) is 39.1 Å². The molecule has 8 heteroatoms. The summed E-state index contributed by atoms with van der Waals surface area (Å²) >= 11 is 0. The van der Waals surface area contributed by atoms with E-state index in [1.54, 1.807) is 24.7 Å². The molecule has 8 nitrogen and oxygen atoms in total. The van der Waals surface area contributed by atoms with E-state index in [9.17, 15) is 4.79 Å². The van der Waals surface area contributed by atoms with Crippen molar-refractivity contribution in [2.24, 2.45) is 0 Å². The summed E-state index contributed by atoms with van der Waals surface area (Å²) in [7, 11) is 0. The Morgan fingerprint density at radius 1 is 1.36 bits per heavy atom. The maximum Gasteiger partial charge on any atom is 0.251 e. The maximum atomic E-state index is 12.3. The highest BCUT2D eigenvalue weighted by atomic mass is 16.5. The minimum Gasteiger partial charge on any atom is -0.373 e. The van der Waals surface area contributed by atoms with Gasteiger partial charge in [0.15, 0.2) is 5.82 Å². The molecule has 1 N–H and O–H groups in total. The van der Waals surface area contributed by atoms with Crippen LogP contribution in [-0.2, 0) is 4.74 Å². The third-order valence-electron chi connectivity index (χ3n) is 4.09. The van der Waals surface area contributed by atoms with Crippen molar-refractivity contribution in [2.75, 3.05) is 26.2 Å². The van der Waals surface area contributed by atoms with E-state index in [0.717, 1.165) is 26.1 Å². The van der Waals surface area contributed by atoms with E-state index in [4.69, 9.17) is 4.74 Å². The van der Waals surface area contributed by atoms with Crippen LogP contribution in [-0.4, -0.2) is 68.9 Å². The van der Waals surface area contributed by atoms with Gasteiger partial charge in [-0.1, -0.05) is 0 Å². The Morgan fingerprint density at radius 2 is 2.16 bits per heavy atom. The highest BCUT2D eigenvalue weighted by Crippen LogP contribution is 2.10. The molecule has 25 heavy (non-hydrogen) atoms. The number of aromatic nitrogens is 4. The van der Waals surface area contributed by atoms with Crippen molar-refractivity contribution in [3.63, 3.8) is 0 Å². The van der Waals surface area contributed by atoms with E-state index >= 15 is 0 Å². The molecule has 1 saturated heterocycles. The predicted molar refractivity (Wildman–Crippen MR) is 92.6 cm³/mol. The molecule has 0 spiro atoms. The zero-order chi connectivity index (χ0) is 17.6. The lowest BCUT2D eigenvalue weighted by molar-refractivity contribution is -0.0679. The van der Waals surface area contributed by atoms with Gasteiger partial charge in [0.2, 0.25) is 0 Å². The molecule has 0 saturated carbocycles. The molecule has 0 aromatic carbocycles. The lowest BCUT2D eigenvalue weighted by atomic mass is 10.2. The molecule has 134 valence electrons. The first kappa shape index (κ1) is 17.5. The highest BCUT2D eigenvalue weighted by molar-refractivity contribution is 5.94. The van der Waals surface area contributed by atoms with E-state index in [1.807, 2.05) is 0 Å². The zero-order valence-electron chi connectivity index (χ0n) is 14.6. The van der Waals surface area contributed by atoms with Gasteiger partial charge in [-0.2, -0.15) is 5.10 Å². The van der Waals surface area contributed by atoms with Gasteiger partial charge < -0.3 is 10.1 Å². The van der Waals surface area contributed by atoms with Crippen LogP contribution in [0.3, 0.4) is 0 Å². The van der Waals surface area contributed by atoms with Crippen molar-refractivity contribution >= 4 is 5.91 Å². The first-order chi connectivity index (χ1) is 12.1. The number of rotatable bonds is 6. The van der Waals surface area contributed by atoms with Crippen LogP contribution in [0.4, 0.5) is 0 Å². The molecule has 1 aliphatic heterocycles.